The molecule has 0 aliphatic heterocycles. The number of nitrogens with zero attached hydrogens (tertiary/aromatic N) is 3. The molecule has 3 nitrogen and oxygen atoms in total. The molecule has 1 aromatic heterocycles. The summed E-state index contributed by atoms with van der Waals surface area (Å²) in [4.78, 5) is 2.71. The molecule has 58 valence electrons. The molecular formula is C6H6ClN3S. The smallest absolute Gasteiger partial charge is 0.0931 e. The van der Waals surface area contributed by atoms with E-state index in [9.17, 15) is 0 Å². The molecule has 0 saturated carbocycles. The molecule has 0 aliphatic carbocycles. The lowest BCUT2D eigenvalue weighted by Gasteiger charge is -1.96. The molecule has 11 heavy (non-hydrogen) atoms. The van der Waals surface area contributed by atoms with Crippen LogP contribution >= 0.6 is 22.9 Å². The lowest BCUT2D eigenvalue weighted by atomic mass is 10.2. The first-order valence-electron chi connectivity index (χ1n) is 3.02. The zero-order valence-electron chi connectivity index (χ0n) is 5.86. The third-order valence-corrected chi connectivity index (χ3v) is 2.40. The molecule has 5 heteroatoms. The Morgan fingerprint density at radius 1 is 1.82 bits per heavy atom. The van der Waals surface area contributed by atoms with Gasteiger partial charge in [0, 0.05) is 4.91 Å². The Balaban J connectivity index is 2.84. The van der Waals surface area contributed by atoms with Gasteiger partial charge in [0.05, 0.1) is 10.4 Å². The van der Waals surface area contributed by atoms with Gasteiger partial charge >= 0.3 is 0 Å². The number of azide groups is 1. The summed E-state index contributed by atoms with van der Waals surface area (Å²) >= 11 is 7.13. The molecule has 0 unspecified atom stereocenters. The SMILES string of the molecule is C[C@@H](N=[N+]=[N-])c1csc(Cl)c1. The first-order chi connectivity index (χ1) is 5.24. The third kappa shape index (κ3) is 2.12. The van der Waals surface area contributed by atoms with Gasteiger partial charge in [-0.3, -0.25) is 0 Å². The first-order valence-corrected chi connectivity index (χ1v) is 4.28. The normalized spacial score (nSPS) is 12.2. The van der Waals surface area contributed by atoms with E-state index in [1.807, 2.05) is 18.4 Å². The van der Waals surface area contributed by atoms with Crippen molar-refractivity contribution in [1.82, 2.24) is 0 Å². The summed E-state index contributed by atoms with van der Waals surface area (Å²) in [6.45, 7) is 1.83. The topological polar surface area (TPSA) is 48.8 Å². The van der Waals surface area contributed by atoms with Crippen LogP contribution in [0.15, 0.2) is 16.6 Å². The Morgan fingerprint density at radius 2 is 2.55 bits per heavy atom. The van der Waals surface area contributed by atoms with Crippen molar-refractivity contribution in [3.8, 4) is 0 Å². The minimum Gasteiger partial charge on any atom is -0.132 e. The summed E-state index contributed by atoms with van der Waals surface area (Å²) in [7, 11) is 0. The van der Waals surface area contributed by atoms with Crippen LogP contribution in [0, 0.1) is 0 Å². The number of hydrogen-bond acceptors (Lipinski definition) is 2. The highest BCUT2D eigenvalue weighted by Crippen LogP contribution is 2.26. The van der Waals surface area contributed by atoms with Crippen molar-refractivity contribution >= 4 is 22.9 Å². The summed E-state index contributed by atoms with van der Waals surface area (Å²) in [6.07, 6.45) is 0. The Morgan fingerprint density at radius 3 is 3.00 bits per heavy atom. The lowest BCUT2D eigenvalue weighted by Crippen LogP contribution is -1.81. The molecule has 0 radical (unpaired) electrons. The summed E-state index contributed by atoms with van der Waals surface area (Å²) < 4.78 is 0.722. The maximum Gasteiger partial charge on any atom is 0.0931 e. The molecule has 1 aromatic rings. The highest BCUT2D eigenvalue weighted by Gasteiger charge is 2.03. The average Bonchev–Trinajstić information content (AvgIpc) is 2.36. The van der Waals surface area contributed by atoms with Gasteiger partial charge in [0.15, 0.2) is 0 Å². The van der Waals surface area contributed by atoms with Crippen LogP contribution in [-0.2, 0) is 0 Å². The summed E-state index contributed by atoms with van der Waals surface area (Å²) in [6, 6.07) is 1.69. The van der Waals surface area contributed by atoms with Gasteiger partial charge in [-0.2, -0.15) is 0 Å². The second-order valence-electron chi connectivity index (χ2n) is 2.07. The maximum atomic E-state index is 8.13. The van der Waals surface area contributed by atoms with Crippen molar-refractivity contribution in [3.63, 3.8) is 0 Å². The van der Waals surface area contributed by atoms with Crippen molar-refractivity contribution in [1.29, 1.82) is 0 Å². The van der Waals surface area contributed by atoms with E-state index in [0.29, 0.717) is 0 Å². The predicted octanol–water partition coefficient (Wildman–Crippen LogP) is 3.77. The summed E-state index contributed by atoms with van der Waals surface area (Å²) in [5.74, 6) is 0. The molecule has 1 rings (SSSR count). The van der Waals surface area contributed by atoms with Gasteiger partial charge in [0.1, 0.15) is 0 Å². The summed E-state index contributed by atoms with van der Waals surface area (Å²) in [5, 5.41) is 5.43. The van der Waals surface area contributed by atoms with E-state index in [1.165, 1.54) is 11.3 Å². The van der Waals surface area contributed by atoms with Crippen LogP contribution in [0.5, 0.6) is 0 Å². The standard InChI is InChI=1S/C6H6ClN3S/c1-4(9-10-8)5-2-6(7)11-3-5/h2-4H,1H3/t4-/m1/s1. The van der Waals surface area contributed by atoms with Gasteiger partial charge in [-0.15, -0.1) is 11.3 Å². The van der Waals surface area contributed by atoms with E-state index in [4.69, 9.17) is 17.1 Å². The molecule has 0 N–H and O–H groups in total. The van der Waals surface area contributed by atoms with Crippen LogP contribution in [0.25, 0.3) is 10.4 Å². The van der Waals surface area contributed by atoms with Crippen molar-refractivity contribution in [2.24, 2.45) is 5.11 Å². The van der Waals surface area contributed by atoms with E-state index in [-0.39, 0.29) is 6.04 Å². The van der Waals surface area contributed by atoms with Gasteiger partial charge < -0.3 is 0 Å². The van der Waals surface area contributed by atoms with Gasteiger partial charge in [-0.1, -0.05) is 23.6 Å². The molecule has 0 aliphatic rings. The first kappa shape index (κ1) is 8.40. The molecule has 0 bridgehead atoms. The number of rotatable bonds is 2. The van der Waals surface area contributed by atoms with Gasteiger partial charge in [0.25, 0.3) is 0 Å². The minimum absolute atomic E-state index is 0.122. The van der Waals surface area contributed by atoms with E-state index < -0.39 is 0 Å². The predicted molar refractivity (Wildman–Crippen MR) is 46.9 cm³/mol. The molecule has 0 fully saturated rings. The molecule has 0 amide bonds. The maximum absolute atomic E-state index is 8.13. The molecule has 1 heterocycles. The molecule has 1 atom stereocenters. The van der Waals surface area contributed by atoms with Crippen LogP contribution < -0.4 is 0 Å². The van der Waals surface area contributed by atoms with Gasteiger partial charge in [0.2, 0.25) is 0 Å². The molecular weight excluding hydrogens is 182 g/mol. The Hall–Kier alpha value is -0.700. The third-order valence-electron chi connectivity index (χ3n) is 1.29. The molecule has 0 saturated heterocycles. The highest BCUT2D eigenvalue weighted by atomic mass is 35.5. The Bertz CT molecular complexity index is 290. The fourth-order valence-corrected chi connectivity index (χ4v) is 1.66. The van der Waals surface area contributed by atoms with E-state index in [0.717, 1.165) is 9.90 Å². The second kappa shape index (κ2) is 3.62. The van der Waals surface area contributed by atoms with Crippen LogP contribution in [0.3, 0.4) is 0 Å². The Kier molecular flexibility index (Phi) is 2.76. The van der Waals surface area contributed by atoms with Crippen LogP contribution in [0.1, 0.15) is 18.5 Å². The molecule has 0 aromatic carbocycles. The fourth-order valence-electron chi connectivity index (χ4n) is 0.687. The average molecular weight is 188 g/mol. The van der Waals surface area contributed by atoms with Crippen molar-refractivity contribution in [2.45, 2.75) is 13.0 Å². The van der Waals surface area contributed by atoms with Gasteiger partial charge in [-0.25, -0.2) is 0 Å². The summed E-state index contributed by atoms with van der Waals surface area (Å²) in [5.41, 5.74) is 9.10. The number of thiophene rings is 1. The largest absolute Gasteiger partial charge is 0.132 e. The van der Waals surface area contributed by atoms with Crippen molar-refractivity contribution in [2.75, 3.05) is 0 Å². The van der Waals surface area contributed by atoms with Gasteiger partial charge in [-0.05, 0) is 22.5 Å². The van der Waals surface area contributed by atoms with Crippen LogP contribution in [0.4, 0.5) is 0 Å². The van der Waals surface area contributed by atoms with E-state index in [1.54, 1.807) is 0 Å². The zero-order valence-corrected chi connectivity index (χ0v) is 7.43. The lowest BCUT2D eigenvalue weighted by molar-refractivity contribution is 0.812. The fraction of sp³-hybridized carbons (Fsp3) is 0.333. The number of halogens is 1. The second-order valence-corrected chi connectivity index (χ2v) is 3.61. The van der Waals surface area contributed by atoms with Crippen molar-refractivity contribution < 1.29 is 0 Å². The monoisotopic (exact) mass is 187 g/mol. The van der Waals surface area contributed by atoms with Crippen molar-refractivity contribution in [3.05, 3.63) is 31.8 Å². The quantitative estimate of drug-likeness (QED) is 0.385. The van der Waals surface area contributed by atoms with E-state index >= 15 is 0 Å². The van der Waals surface area contributed by atoms with Crippen LogP contribution in [0.2, 0.25) is 4.34 Å². The zero-order chi connectivity index (χ0) is 8.27. The molecule has 0 spiro atoms. The highest BCUT2D eigenvalue weighted by molar-refractivity contribution is 7.14. The number of hydrogen-bond donors (Lipinski definition) is 0. The van der Waals surface area contributed by atoms with Crippen LogP contribution in [-0.4, -0.2) is 0 Å². The van der Waals surface area contributed by atoms with E-state index in [2.05, 4.69) is 10.0 Å². The Labute approximate surface area is 73.2 Å². The minimum atomic E-state index is -0.122.